The number of esters is 1. The van der Waals surface area contributed by atoms with Crippen LogP contribution in [0.25, 0.3) is 0 Å². The van der Waals surface area contributed by atoms with Gasteiger partial charge in [0, 0.05) is 16.3 Å². The number of ketones is 1. The summed E-state index contributed by atoms with van der Waals surface area (Å²) in [7, 11) is 0. The third-order valence-electron chi connectivity index (χ3n) is 2.73. The average Bonchev–Trinajstić information content (AvgIpc) is 2.32. The van der Waals surface area contributed by atoms with E-state index in [4.69, 9.17) is 4.74 Å². The number of rotatable bonds is 2. The van der Waals surface area contributed by atoms with Crippen molar-refractivity contribution in [2.45, 2.75) is 13.8 Å². The third-order valence-corrected chi connectivity index (χ3v) is 3.58. The van der Waals surface area contributed by atoms with Crippen LogP contribution in [-0.2, 0) is 9.53 Å². The second-order valence-corrected chi connectivity index (χ2v) is 4.85. The normalized spacial score (nSPS) is 17.5. The van der Waals surface area contributed by atoms with E-state index in [-0.39, 0.29) is 12.4 Å². The number of Topliss-reactive ketones (excluding diaryl/α,β-unsaturated/α-hetero) is 1. The molecule has 0 spiro atoms. The maximum Gasteiger partial charge on any atom is 0.322 e. The van der Waals surface area contributed by atoms with Crippen LogP contribution >= 0.6 is 15.9 Å². The van der Waals surface area contributed by atoms with Crippen molar-refractivity contribution >= 4 is 39.6 Å². The SMILES string of the molecule is CCOC(=O)C1C=Nc2cc(Br)c(C)cc2C1=O. The summed E-state index contributed by atoms with van der Waals surface area (Å²) in [4.78, 5) is 28.0. The van der Waals surface area contributed by atoms with Gasteiger partial charge in [-0.3, -0.25) is 14.6 Å². The molecule has 0 aliphatic carbocycles. The van der Waals surface area contributed by atoms with E-state index in [0.717, 1.165) is 10.0 Å². The lowest BCUT2D eigenvalue weighted by molar-refractivity contribution is -0.143. The van der Waals surface area contributed by atoms with Crippen molar-refractivity contribution in [2.75, 3.05) is 6.61 Å². The monoisotopic (exact) mass is 309 g/mol. The molecule has 1 atom stereocenters. The summed E-state index contributed by atoms with van der Waals surface area (Å²) in [5.41, 5.74) is 1.98. The van der Waals surface area contributed by atoms with Gasteiger partial charge in [-0.05, 0) is 31.5 Å². The molecule has 18 heavy (non-hydrogen) atoms. The van der Waals surface area contributed by atoms with E-state index in [1.165, 1.54) is 6.21 Å². The van der Waals surface area contributed by atoms with Crippen LogP contribution in [0.5, 0.6) is 0 Å². The van der Waals surface area contributed by atoms with Crippen molar-refractivity contribution in [1.29, 1.82) is 0 Å². The first-order valence-electron chi connectivity index (χ1n) is 5.59. The summed E-state index contributed by atoms with van der Waals surface area (Å²) in [5.74, 6) is -1.72. The molecular formula is C13H12BrNO3. The topological polar surface area (TPSA) is 55.7 Å². The van der Waals surface area contributed by atoms with Crippen LogP contribution in [-0.4, -0.2) is 24.6 Å². The van der Waals surface area contributed by atoms with Crippen molar-refractivity contribution in [1.82, 2.24) is 0 Å². The summed E-state index contributed by atoms with van der Waals surface area (Å²) >= 11 is 3.39. The van der Waals surface area contributed by atoms with Gasteiger partial charge in [-0.25, -0.2) is 0 Å². The predicted octanol–water partition coefficient (Wildman–Crippen LogP) is 2.84. The third kappa shape index (κ3) is 2.22. The molecule has 1 aromatic rings. The highest BCUT2D eigenvalue weighted by Crippen LogP contribution is 2.32. The number of benzene rings is 1. The van der Waals surface area contributed by atoms with Crippen molar-refractivity contribution in [2.24, 2.45) is 10.9 Å². The zero-order valence-electron chi connectivity index (χ0n) is 10.1. The lowest BCUT2D eigenvalue weighted by atomic mass is 9.93. The minimum absolute atomic E-state index is 0.253. The van der Waals surface area contributed by atoms with E-state index in [1.54, 1.807) is 19.1 Å². The molecular weight excluding hydrogens is 298 g/mol. The predicted molar refractivity (Wildman–Crippen MR) is 71.5 cm³/mol. The number of hydrogen-bond donors (Lipinski definition) is 0. The molecule has 1 aliphatic rings. The number of halogens is 1. The van der Waals surface area contributed by atoms with Gasteiger partial charge in [-0.2, -0.15) is 0 Å². The highest BCUT2D eigenvalue weighted by molar-refractivity contribution is 9.10. The molecule has 0 amide bonds. The Morgan fingerprint density at radius 1 is 1.50 bits per heavy atom. The molecule has 94 valence electrons. The van der Waals surface area contributed by atoms with E-state index in [2.05, 4.69) is 20.9 Å². The van der Waals surface area contributed by atoms with Crippen LogP contribution < -0.4 is 0 Å². The second kappa shape index (κ2) is 5.02. The maximum atomic E-state index is 12.2. The molecule has 1 heterocycles. The fraction of sp³-hybridized carbons (Fsp3) is 0.308. The standard InChI is InChI=1S/C13H12BrNO3/c1-3-18-13(17)9-6-15-11-5-10(14)7(2)4-8(11)12(9)16/h4-6,9H,3H2,1-2H3. The van der Waals surface area contributed by atoms with Crippen LogP contribution in [0, 0.1) is 12.8 Å². The number of nitrogens with zero attached hydrogens (tertiary/aromatic N) is 1. The van der Waals surface area contributed by atoms with Gasteiger partial charge in [0.1, 0.15) is 0 Å². The smallest absolute Gasteiger partial charge is 0.322 e. The zero-order chi connectivity index (χ0) is 13.3. The maximum absolute atomic E-state index is 12.2. The molecule has 0 aromatic heterocycles. The number of fused-ring (bicyclic) bond motifs is 1. The Morgan fingerprint density at radius 2 is 2.22 bits per heavy atom. The number of carbonyl (C=O) groups excluding carboxylic acids is 2. The largest absolute Gasteiger partial charge is 0.465 e. The lowest BCUT2D eigenvalue weighted by Gasteiger charge is -2.17. The Labute approximate surface area is 113 Å². The van der Waals surface area contributed by atoms with E-state index in [1.807, 2.05) is 6.92 Å². The van der Waals surface area contributed by atoms with Gasteiger partial charge in [0.05, 0.1) is 12.3 Å². The van der Waals surface area contributed by atoms with Gasteiger partial charge >= 0.3 is 5.97 Å². The van der Waals surface area contributed by atoms with Crippen molar-refractivity contribution < 1.29 is 14.3 Å². The Bertz CT molecular complexity index is 551. The van der Waals surface area contributed by atoms with Crippen LogP contribution in [0.4, 0.5) is 5.69 Å². The number of carbonyl (C=O) groups is 2. The summed E-state index contributed by atoms with van der Waals surface area (Å²) < 4.78 is 5.75. The highest BCUT2D eigenvalue weighted by atomic mass is 79.9. The van der Waals surface area contributed by atoms with Gasteiger partial charge in [0.15, 0.2) is 11.7 Å². The average molecular weight is 310 g/mol. The number of aryl methyl sites for hydroxylation is 1. The lowest BCUT2D eigenvalue weighted by Crippen LogP contribution is -2.29. The van der Waals surface area contributed by atoms with E-state index in [9.17, 15) is 9.59 Å². The number of ether oxygens (including phenoxy) is 1. The Kier molecular flexibility index (Phi) is 3.61. The summed E-state index contributed by atoms with van der Waals surface area (Å²) in [6.07, 6.45) is 1.35. The molecule has 1 aliphatic heterocycles. The number of hydrogen-bond acceptors (Lipinski definition) is 4. The molecule has 4 nitrogen and oxygen atoms in total. The first-order chi connectivity index (χ1) is 8.54. The van der Waals surface area contributed by atoms with E-state index >= 15 is 0 Å². The van der Waals surface area contributed by atoms with Gasteiger partial charge in [0.2, 0.25) is 0 Å². The molecule has 0 saturated heterocycles. The summed E-state index contributed by atoms with van der Waals surface area (Å²) in [6, 6.07) is 3.52. The van der Waals surface area contributed by atoms with Gasteiger partial charge in [-0.15, -0.1) is 0 Å². The first-order valence-corrected chi connectivity index (χ1v) is 6.39. The number of aliphatic imine (C=N–C) groups is 1. The summed E-state index contributed by atoms with van der Waals surface area (Å²) in [6.45, 7) is 3.84. The van der Waals surface area contributed by atoms with Crippen molar-refractivity contribution in [3.8, 4) is 0 Å². The van der Waals surface area contributed by atoms with E-state index in [0.29, 0.717) is 11.3 Å². The van der Waals surface area contributed by atoms with Crippen LogP contribution in [0.3, 0.4) is 0 Å². The Balaban J connectivity index is 2.39. The van der Waals surface area contributed by atoms with Crippen LogP contribution in [0.15, 0.2) is 21.6 Å². The highest BCUT2D eigenvalue weighted by Gasteiger charge is 2.32. The molecule has 0 N–H and O–H groups in total. The molecule has 1 aromatic carbocycles. The van der Waals surface area contributed by atoms with Crippen LogP contribution in [0.2, 0.25) is 0 Å². The van der Waals surface area contributed by atoms with Gasteiger partial charge in [-0.1, -0.05) is 15.9 Å². The fourth-order valence-corrected chi connectivity index (χ4v) is 2.10. The van der Waals surface area contributed by atoms with Gasteiger partial charge in [0.25, 0.3) is 0 Å². The van der Waals surface area contributed by atoms with Gasteiger partial charge < -0.3 is 4.74 Å². The zero-order valence-corrected chi connectivity index (χ0v) is 11.7. The second-order valence-electron chi connectivity index (χ2n) is 3.99. The minimum Gasteiger partial charge on any atom is -0.465 e. The first kappa shape index (κ1) is 13.0. The molecule has 1 unspecified atom stereocenters. The molecule has 2 rings (SSSR count). The van der Waals surface area contributed by atoms with Crippen LogP contribution in [0.1, 0.15) is 22.8 Å². The fourth-order valence-electron chi connectivity index (χ4n) is 1.77. The molecule has 0 saturated carbocycles. The van der Waals surface area contributed by atoms with E-state index < -0.39 is 11.9 Å². The summed E-state index contributed by atoms with van der Waals surface area (Å²) in [5, 5.41) is 0. The Hall–Kier alpha value is -1.49. The van der Waals surface area contributed by atoms with Crippen molar-refractivity contribution in [3.63, 3.8) is 0 Å². The van der Waals surface area contributed by atoms with Crippen molar-refractivity contribution in [3.05, 3.63) is 27.7 Å². The molecule has 0 bridgehead atoms. The molecule has 0 radical (unpaired) electrons. The molecule has 5 heteroatoms. The molecule has 0 fully saturated rings. The minimum atomic E-state index is -0.918. The Morgan fingerprint density at radius 3 is 2.89 bits per heavy atom. The quantitative estimate of drug-likeness (QED) is 0.623.